The molecule has 0 saturated heterocycles. The molecule has 0 aliphatic heterocycles. The third kappa shape index (κ3) is 5.48. The van der Waals surface area contributed by atoms with Gasteiger partial charge in [-0.25, -0.2) is 8.42 Å². The van der Waals surface area contributed by atoms with Crippen LogP contribution in [0.25, 0.3) is 0 Å². The Balaban J connectivity index is 2.65. The summed E-state index contributed by atoms with van der Waals surface area (Å²) >= 11 is 1.44. The molecule has 1 aromatic carbocycles. The number of nitro groups is 1. The highest BCUT2D eigenvalue weighted by Gasteiger charge is 2.13. The first-order chi connectivity index (χ1) is 8.83. The van der Waals surface area contributed by atoms with Crippen molar-refractivity contribution in [1.29, 1.82) is 0 Å². The minimum Gasteiger partial charge on any atom is -0.383 e. The van der Waals surface area contributed by atoms with Crippen molar-refractivity contribution in [2.24, 2.45) is 0 Å². The Morgan fingerprint density at radius 2 is 2.11 bits per heavy atom. The number of nitro benzene ring substituents is 1. The van der Waals surface area contributed by atoms with Crippen molar-refractivity contribution in [3.05, 3.63) is 33.9 Å². The highest BCUT2D eigenvalue weighted by Crippen LogP contribution is 2.26. The fourth-order valence-corrected chi connectivity index (χ4v) is 3.67. The van der Waals surface area contributed by atoms with E-state index in [2.05, 4.69) is 5.32 Å². The molecular formula is C11H16N2O4S2. The second-order valence-corrected chi connectivity index (χ2v) is 7.41. The SMILES string of the molecule is CNc1ccc(CSCCS(C)(=O)=O)cc1[N+](=O)[O-]. The third-order valence-corrected chi connectivity index (χ3v) is 4.63. The first-order valence-corrected chi connectivity index (χ1v) is 8.75. The zero-order valence-electron chi connectivity index (χ0n) is 10.8. The maximum absolute atomic E-state index is 11.0. The predicted molar refractivity (Wildman–Crippen MR) is 78.5 cm³/mol. The van der Waals surface area contributed by atoms with Crippen LogP contribution in [0, 0.1) is 10.1 Å². The molecule has 0 unspecified atom stereocenters. The van der Waals surface area contributed by atoms with Gasteiger partial charge in [-0.15, -0.1) is 0 Å². The van der Waals surface area contributed by atoms with Crippen molar-refractivity contribution in [3.63, 3.8) is 0 Å². The van der Waals surface area contributed by atoms with Crippen molar-refractivity contribution in [2.75, 3.05) is 30.1 Å². The smallest absolute Gasteiger partial charge is 0.292 e. The largest absolute Gasteiger partial charge is 0.383 e. The Hall–Kier alpha value is -1.28. The number of hydrogen-bond acceptors (Lipinski definition) is 6. The minimum atomic E-state index is -2.95. The first-order valence-electron chi connectivity index (χ1n) is 5.54. The molecule has 0 fully saturated rings. The van der Waals surface area contributed by atoms with Gasteiger partial charge in [0.2, 0.25) is 0 Å². The molecule has 19 heavy (non-hydrogen) atoms. The molecule has 0 spiro atoms. The summed E-state index contributed by atoms with van der Waals surface area (Å²) in [6, 6.07) is 4.97. The Morgan fingerprint density at radius 1 is 1.42 bits per heavy atom. The van der Waals surface area contributed by atoms with Gasteiger partial charge in [-0.3, -0.25) is 10.1 Å². The van der Waals surface area contributed by atoms with Gasteiger partial charge in [0.1, 0.15) is 15.5 Å². The molecule has 0 aliphatic rings. The number of thioether (sulfide) groups is 1. The van der Waals surface area contributed by atoms with Gasteiger partial charge in [0, 0.05) is 30.9 Å². The molecule has 0 saturated carbocycles. The molecule has 0 heterocycles. The molecule has 0 aliphatic carbocycles. The van der Waals surface area contributed by atoms with Crippen LogP contribution in [0.3, 0.4) is 0 Å². The van der Waals surface area contributed by atoms with E-state index >= 15 is 0 Å². The highest BCUT2D eigenvalue weighted by molar-refractivity contribution is 7.99. The molecular weight excluding hydrogens is 288 g/mol. The van der Waals surface area contributed by atoms with Crippen molar-refractivity contribution < 1.29 is 13.3 Å². The molecule has 0 radical (unpaired) electrons. The molecule has 0 bridgehead atoms. The topological polar surface area (TPSA) is 89.3 Å². The maximum atomic E-state index is 11.0. The summed E-state index contributed by atoms with van der Waals surface area (Å²) in [6.07, 6.45) is 1.19. The Kier molecular flexibility index (Phi) is 5.61. The van der Waals surface area contributed by atoms with Gasteiger partial charge in [-0.05, 0) is 11.6 Å². The quantitative estimate of drug-likeness (QED) is 0.470. The number of sulfone groups is 1. The fraction of sp³-hybridized carbons (Fsp3) is 0.455. The maximum Gasteiger partial charge on any atom is 0.292 e. The number of anilines is 1. The summed E-state index contributed by atoms with van der Waals surface area (Å²) < 4.78 is 21.9. The van der Waals surface area contributed by atoms with E-state index in [1.807, 2.05) is 0 Å². The summed E-state index contributed by atoms with van der Waals surface area (Å²) in [6.45, 7) is 0. The van der Waals surface area contributed by atoms with Gasteiger partial charge >= 0.3 is 0 Å². The third-order valence-electron chi connectivity index (χ3n) is 2.40. The molecule has 0 amide bonds. The van der Waals surface area contributed by atoms with Crippen molar-refractivity contribution in [1.82, 2.24) is 0 Å². The summed E-state index contributed by atoms with van der Waals surface area (Å²) in [4.78, 5) is 10.4. The fourth-order valence-electron chi connectivity index (χ4n) is 1.43. The number of nitrogens with zero attached hydrogens (tertiary/aromatic N) is 1. The summed E-state index contributed by atoms with van der Waals surface area (Å²) in [5.74, 6) is 1.16. The van der Waals surface area contributed by atoms with Crippen LogP contribution in [0.1, 0.15) is 5.56 Å². The van der Waals surface area contributed by atoms with Gasteiger partial charge < -0.3 is 5.32 Å². The lowest BCUT2D eigenvalue weighted by Crippen LogP contribution is -2.05. The van der Waals surface area contributed by atoms with Crippen LogP contribution in [-0.2, 0) is 15.6 Å². The molecule has 1 rings (SSSR count). The number of benzene rings is 1. The average Bonchev–Trinajstić information content (AvgIpc) is 2.33. The predicted octanol–water partition coefficient (Wildman–Crippen LogP) is 1.91. The van der Waals surface area contributed by atoms with Crippen LogP contribution < -0.4 is 5.32 Å². The number of nitrogens with one attached hydrogen (secondary N) is 1. The van der Waals surface area contributed by atoms with E-state index in [-0.39, 0.29) is 11.4 Å². The standard InChI is InChI=1S/C11H16N2O4S2/c1-12-10-4-3-9(7-11(10)13(14)15)8-18-5-6-19(2,16)17/h3-4,7,12H,5-6,8H2,1-2H3. The Labute approximate surface area is 116 Å². The Bertz CT molecular complexity index is 558. The highest BCUT2D eigenvalue weighted by atomic mass is 32.2. The normalized spacial score (nSPS) is 11.3. The van der Waals surface area contributed by atoms with Gasteiger partial charge in [0.15, 0.2) is 0 Å². The molecule has 106 valence electrons. The molecule has 1 aromatic rings. The van der Waals surface area contributed by atoms with Crippen LogP contribution in [0.15, 0.2) is 18.2 Å². The van der Waals surface area contributed by atoms with Crippen molar-refractivity contribution >= 4 is 33.0 Å². The monoisotopic (exact) mass is 304 g/mol. The van der Waals surface area contributed by atoms with Gasteiger partial charge in [-0.2, -0.15) is 11.8 Å². The molecule has 0 atom stereocenters. The van der Waals surface area contributed by atoms with E-state index in [0.29, 0.717) is 17.2 Å². The lowest BCUT2D eigenvalue weighted by Gasteiger charge is -2.05. The van der Waals surface area contributed by atoms with Crippen molar-refractivity contribution in [3.8, 4) is 0 Å². The van der Waals surface area contributed by atoms with Crippen LogP contribution in [-0.4, -0.2) is 38.2 Å². The van der Waals surface area contributed by atoms with E-state index in [9.17, 15) is 18.5 Å². The van der Waals surface area contributed by atoms with Gasteiger partial charge in [-0.1, -0.05) is 6.07 Å². The van der Waals surface area contributed by atoms with Gasteiger partial charge in [0.25, 0.3) is 5.69 Å². The average molecular weight is 304 g/mol. The summed E-state index contributed by atoms with van der Waals surface area (Å²) in [7, 11) is -1.32. The van der Waals surface area contributed by atoms with Gasteiger partial charge in [0.05, 0.1) is 10.7 Å². The van der Waals surface area contributed by atoms with Crippen LogP contribution in [0.5, 0.6) is 0 Å². The molecule has 1 N–H and O–H groups in total. The zero-order chi connectivity index (χ0) is 14.5. The van der Waals surface area contributed by atoms with E-state index in [4.69, 9.17) is 0 Å². The van der Waals surface area contributed by atoms with Crippen LogP contribution in [0.2, 0.25) is 0 Å². The molecule has 8 heteroatoms. The number of hydrogen-bond donors (Lipinski definition) is 1. The van der Waals surface area contributed by atoms with Crippen LogP contribution in [0.4, 0.5) is 11.4 Å². The van der Waals surface area contributed by atoms with Crippen LogP contribution >= 0.6 is 11.8 Å². The van der Waals surface area contributed by atoms with E-state index < -0.39 is 14.8 Å². The molecule has 6 nitrogen and oxygen atoms in total. The lowest BCUT2D eigenvalue weighted by molar-refractivity contribution is -0.384. The second-order valence-electron chi connectivity index (χ2n) is 4.04. The van der Waals surface area contributed by atoms with E-state index in [0.717, 1.165) is 5.56 Å². The first kappa shape index (κ1) is 15.8. The van der Waals surface area contributed by atoms with E-state index in [1.54, 1.807) is 19.2 Å². The van der Waals surface area contributed by atoms with Crippen molar-refractivity contribution in [2.45, 2.75) is 5.75 Å². The Morgan fingerprint density at radius 3 is 2.63 bits per heavy atom. The lowest BCUT2D eigenvalue weighted by atomic mass is 10.2. The second kappa shape index (κ2) is 6.76. The summed E-state index contributed by atoms with van der Waals surface area (Å²) in [5.41, 5.74) is 1.31. The summed E-state index contributed by atoms with van der Waals surface area (Å²) in [5, 5.41) is 13.6. The van der Waals surface area contributed by atoms with E-state index in [1.165, 1.54) is 24.1 Å². The molecule has 0 aromatic heterocycles. The zero-order valence-corrected chi connectivity index (χ0v) is 12.4. The number of rotatable bonds is 7. The minimum absolute atomic E-state index is 0.0312.